The molecule has 2 aromatic rings. The first-order valence-corrected chi connectivity index (χ1v) is 6.65. The van der Waals surface area contributed by atoms with Gasteiger partial charge in [-0.2, -0.15) is 5.10 Å². The summed E-state index contributed by atoms with van der Waals surface area (Å²) in [4.78, 5) is 12.0. The monoisotopic (exact) mass is 342 g/mol. The van der Waals surface area contributed by atoms with Crippen LogP contribution in [0.15, 0.2) is 35.1 Å². The van der Waals surface area contributed by atoms with Gasteiger partial charge in [-0.1, -0.05) is 17.7 Å². The van der Waals surface area contributed by atoms with Crippen molar-refractivity contribution in [1.29, 1.82) is 0 Å². The molecular weight excluding hydrogens is 332 g/mol. The Labute approximate surface area is 123 Å². The molecule has 0 saturated carbocycles. The van der Waals surface area contributed by atoms with Crippen LogP contribution in [0.5, 0.6) is 0 Å². The van der Waals surface area contributed by atoms with Gasteiger partial charge in [0.05, 0.1) is 21.4 Å². The highest BCUT2D eigenvalue weighted by Gasteiger charge is 2.18. The second-order valence-corrected chi connectivity index (χ2v) is 5.22. The predicted octanol–water partition coefficient (Wildman–Crippen LogP) is 2.47. The molecule has 19 heavy (non-hydrogen) atoms. The number of nitrogens with zero attached hydrogens (tertiary/aromatic N) is 2. The summed E-state index contributed by atoms with van der Waals surface area (Å²) in [5.74, 6) is -0.323. The van der Waals surface area contributed by atoms with E-state index < -0.39 is 6.04 Å². The lowest BCUT2D eigenvalue weighted by atomic mass is 10.1. The van der Waals surface area contributed by atoms with Crippen LogP contribution in [-0.2, 0) is 11.8 Å². The first-order chi connectivity index (χ1) is 8.99. The molecule has 0 fully saturated rings. The molecule has 7 heteroatoms. The van der Waals surface area contributed by atoms with Crippen LogP contribution in [0.4, 0.5) is 5.69 Å². The van der Waals surface area contributed by atoms with Gasteiger partial charge in [-0.15, -0.1) is 0 Å². The van der Waals surface area contributed by atoms with Crippen LogP contribution < -0.4 is 11.1 Å². The molecule has 0 saturated heterocycles. The summed E-state index contributed by atoms with van der Waals surface area (Å²) in [6.45, 7) is 0. The normalized spacial score (nSPS) is 12.2. The van der Waals surface area contributed by atoms with E-state index in [1.165, 1.54) is 0 Å². The molecule has 5 nitrogen and oxygen atoms in total. The zero-order valence-electron chi connectivity index (χ0n) is 10.1. The summed E-state index contributed by atoms with van der Waals surface area (Å²) in [5, 5.41) is 7.23. The number of hydrogen-bond donors (Lipinski definition) is 2. The van der Waals surface area contributed by atoms with Crippen LogP contribution in [0.3, 0.4) is 0 Å². The molecule has 1 aromatic heterocycles. The number of aromatic nitrogens is 2. The topological polar surface area (TPSA) is 72.9 Å². The second kappa shape index (κ2) is 5.73. The molecule has 0 radical (unpaired) electrons. The van der Waals surface area contributed by atoms with Crippen molar-refractivity contribution >= 4 is 39.1 Å². The first kappa shape index (κ1) is 14.0. The van der Waals surface area contributed by atoms with Gasteiger partial charge in [0.25, 0.3) is 0 Å². The number of aryl methyl sites for hydroxylation is 1. The maximum Gasteiger partial charge on any atom is 0.246 e. The van der Waals surface area contributed by atoms with Crippen molar-refractivity contribution in [2.24, 2.45) is 12.8 Å². The van der Waals surface area contributed by atoms with Gasteiger partial charge in [0.1, 0.15) is 6.04 Å². The number of hydrogen-bond acceptors (Lipinski definition) is 3. The highest BCUT2D eigenvalue weighted by atomic mass is 79.9. The molecule has 0 aliphatic carbocycles. The van der Waals surface area contributed by atoms with Crippen molar-refractivity contribution < 1.29 is 4.79 Å². The molecule has 2 rings (SSSR count). The lowest BCUT2D eigenvalue weighted by Crippen LogP contribution is -2.27. The Kier molecular flexibility index (Phi) is 4.24. The molecule has 0 spiro atoms. The maximum atomic E-state index is 12.0. The summed E-state index contributed by atoms with van der Waals surface area (Å²) in [6.07, 6.45) is 3.27. The number of benzene rings is 1. The Morgan fingerprint density at radius 2 is 2.32 bits per heavy atom. The fourth-order valence-electron chi connectivity index (χ4n) is 1.56. The fourth-order valence-corrected chi connectivity index (χ4v) is 2.10. The van der Waals surface area contributed by atoms with E-state index in [0.717, 1.165) is 0 Å². The fraction of sp³-hybridized carbons (Fsp3) is 0.167. The molecular formula is C12H12BrClN4O. The van der Waals surface area contributed by atoms with E-state index >= 15 is 0 Å². The number of carbonyl (C=O) groups is 1. The Morgan fingerprint density at radius 1 is 1.58 bits per heavy atom. The van der Waals surface area contributed by atoms with Crippen molar-refractivity contribution in [2.75, 3.05) is 5.32 Å². The van der Waals surface area contributed by atoms with E-state index in [1.54, 1.807) is 42.3 Å². The van der Waals surface area contributed by atoms with Gasteiger partial charge in [-0.05, 0) is 28.1 Å². The van der Waals surface area contributed by atoms with E-state index in [9.17, 15) is 4.79 Å². The van der Waals surface area contributed by atoms with Crippen LogP contribution >= 0.6 is 27.5 Å². The SMILES string of the molecule is Cn1cc(C(N)C(=O)Nc2cccc(Cl)c2Br)cn1. The molecule has 1 unspecified atom stereocenters. The van der Waals surface area contributed by atoms with Crippen LogP contribution in [0, 0.1) is 0 Å². The van der Waals surface area contributed by atoms with E-state index in [4.69, 9.17) is 17.3 Å². The molecule has 0 aliphatic rings. The van der Waals surface area contributed by atoms with Crippen molar-refractivity contribution in [1.82, 2.24) is 9.78 Å². The summed E-state index contributed by atoms with van der Waals surface area (Å²) >= 11 is 9.27. The van der Waals surface area contributed by atoms with Crippen molar-refractivity contribution in [3.63, 3.8) is 0 Å². The lowest BCUT2D eigenvalue weighted by molar-refractivity contribution is -0.117. The third kappa shape index (κ3) is 3.15. The minimum absolute atomic E-state index is 0.323. The average molecular weight is 344 g/mol. The maximum absolute atomic E-state index is 12.0. The van der Waals surface area contributed by atoms with Crippen molar-refractivity contribution in [3.8, 4) is 0 Å². The smallest absolute Gasteiger partial charge is 0.246 e. The summed E-state index contributed by atoms with van der Waals surface area (Å²) in [7, 11) is 1.77. The standard InChI is InChI=1S/C12H12BrClN4O/c1-18-6-7(5-16-18)11(15)12(19)17-9-4-2-3-8(14)10(9)13/h2-6,11H,15H2,1H3,(H,17,19). The summed E-state index contributed by atoms with van der Waals surface area (Å²) in [5.41, 5.74) is 7.11. The predicted molar refractivity (Wildman–Crippen MR) is 77.9 cm³/mol. The molecule has 3 N–H and O–H groups in total. The van der Waals surface area contributed by atoms with Gasteiger partial charge in [0.15, 0.2) is 0 Å². The number of nitrogens with one attached hydrogen (secondary N) is 1. The third-order valence-electron chi connectivity index (χ3n) is 2.58. The van der Waals surface area contributed by atoms with Gasteiger partial charge in [0.2, 0.25) is 5.91 Å². The minimum Gasteiger partial charge on any atom is -0.323 e. The number of halogens is 2. The molecule has 1 heterocycles. The van der Waals surface area contributed by atoms with Crippen LogP contribution in [0.1, 0.15) is 11.6 Å². The number of rotatable bonds is 3. The van der Waals surface area contributed by atoms with E-state index in [1.807, 2.05) is 0 Å². The summed E-state index contributed by atoms with van der Waals surface area (Å²) in [6, 6.07) is 4.43. The lowest BCUT2D eigenvalue weighted by Gasteiger charge is -2.12. The first-order valence-electron chi connectivity index (χ1n) is 5.48. The summed E-state index contributed by atoms with van der Waals surface area (Å²) < 4.78 is 2.22. The largest absolute Gasteiger partial charge is 0.323 e. The number of carbonyl (C=O) groups excluding carboxylic acids is 1. The van der Waals surface area contributed by atoms with E-state index in [-0.39, 0.29) is 5.91 Å². The van der Waals surface area contributed by atoms with Gasteiger partial charge in [-0.3, -0.25) is 9.48 Å². The average Bonchev–Trinajstić information content (AvgIpc) is 2.80. The number of anilines is 1. The molecule has 1 atom stereocenters. The Hall–Kier alpha value is -1.37. The van der Waals surface area contributed by atoms with Crippen LogP contribution in [0.25, 0.3) is 0 Å². The highest BCUT2D eigenvalue weighted by molar-refractivity contribution is 9.10. The number of nitrogens with two attached hydrogens (primary N) is 1. The molecule has 0 bridgehead atoms. The molecule has 100 valence electrons. The van der Waals surface area contributed by atoms with Gasteiger partial charge in [-0.25, -0.2) is 0 Å². The van der Waals surface area contributed by atoms with Crippen LogP contribution in [0.2, 0.25) is 5.02 Å². The van der Waals surface area contributed by atoms with Crippen molar-refractivity contribution in [3.05, 3.63) is 45.7 Å². The van der Waals surface area contributed by atoms with E-state index in [0.29, 0.717) is 20.7 Å². The quantitative estimate of drug-likeness (QED) is 0.899. The molecule has 0 aliphatic heterocycles. The Bertz CT molecular complexity index is 614. The Morgan fingerprint density at radius 3 is 2.95 bits per heavy atom. The van der Waals surface area contributed by atoms with Crippen LogP contribution in [-0.4, -0.2) is 15.7 Å². The van der Waals surface area contributed by atoms with Crippen molar-refractivity contribution in [2.45, 2.75) is 6.04 Å². The zero-order chi connectivity index (χ0) is 14.0. The third-order valence-corrected chi connectivity index (χ3v) is 3.97. The molecule has 1 amide bonds. The number of amides is 1. The van der Waals surface area contributed by atoms with Gasteiger partial charge >= 0.3 is 0 Å². The van der Waals surface area contributed by atoms with E-state index in [2.05, 4.69) is 26.3 Å². The van der Waals surface area contributed by atoms with Gasteiger partial charge < -0.3 is 11.1 Å². The highest BCUT2D eigenvalue weighted by Crippen LogP contribution is 2.30. The van der Waals surface area contributed by atoms with Gasteiger partial charge in [0, 0.05) is 18.8 Å². The Balaban J connectivity index is 2.15. The zero-order valence-corrected chi connectivity index (χ0v) is 12.4. The second-order valence-electron chi connectivity index (χ2n) is 4.02. The minimum atomic E-state index is -0.778. The molecule has 1 aromatic carbocycles.